The number of nitrogens with zero attached hydrogens (tertiary/aromatic N) is 4. The Bertz CT molecular complexity index is 3660. The molecule has 1 aliphatic heterocycles. The van der Waals surface area contributed by atoms with Crippen LogP contribution in [-0.2, 0) is 31.0 Å². The average Bonchev–Trinajstić information content (AvgIpc) is 3.77. The van der Waals surface area contributed by atoms with E-state index in [1.807, 2.05) is 0 Å². The zero-order valence-electron chi connectivity index (χ0n) is 43.0. The molecule has 4 aromatic heterocycles. The molecule has 5 aromatic carbocycles. The molecule has 0 radical (unpaired) electrons. The quantitative estimate of drug-likeness (QED) is 0.126. The fraction of sp³-hybridized carbons (Fsp3) is 0.323. The van der Waals surface area contributed by atoms with Crippen LogP contribution in [0, 0.1) is 0 Å². The van der Waals surface area contributed by atoms with Crippen LogP contribution in [0.1, 0.15) is 118 Å². The van der Waals surface area contributed by atoms with Gasteiger partial charge >= 0.3 is 7.12 Å². The van der Waals surface area contributed by atoms with Crippen molar-refractivity contribution in [2.45, 2.75) is 129 Å². The van der Waals surface area contributed by atoms with Crippen LogP contribution in [0.4, 0.5) is 0 Å². The summed E-state index contributed by atoms with van der Waals surface area (Å²) in [7, 11) is -0.596. The molecule has 9 heteroatoms. The Morgan fingerprint density at radius 3 is 1.23 bits per heavy atom. The zero-order chi connectivity index (χ0) is 49.9. The third-order valence-electron chi connectivity index (χ3n) is 16.6. The van der Waals surface area contributed by atoms with Gasteiger partial charge in [-0.3, -0.25) is 9.59 Å². The second-order valence-corrected chi connectivity index (χ2v) is 24.3. The maximum Gasteiger partial charge on any atom is 0.494 e. The molecule has 1 saturated heterocycles. The molecule has 71 heavy (non-hydrogen) atoms. The summed E-state index contributed by atoms with van der Waals surface area (Å²) < 4.78 is 17.9. The van der Waals surface area contributed by atoms with Gasteiger partial charge in [0.25, 0.3) is 11.1 Å². The summed E-state index contributed by atoms with van der Waals surface area (Å²) in [6, 6.07) is 41.2. The highest BCUT2D eigenvalue weighted by molar-refractivity contribution is 6.62. The van der Waals surface area contributed by atoms with Crippen molar-refractivity contribution in [2.75, 3.05) is 0 Å². The molecule has 0 amide bonds. The molecule has 0 saturated carbocycles. The topological polar surface area (TPSA) is 87.2 Å². The Labute approximate surface area is 415 Å². The fourth-order valence-corrected chi connectivity index (χ4v) is 13.3. The molecule has 0 atom stereocenters. The number of hydrogen-bond donors (Lipinski definition) is 0. The SMILES string of the molecule is CC1(C)CC(C)(C)c2c1c(=O)nc1c3ccc(-c4ccccc4-c4cc(B5OC(C)(C)C(C)(C)O5)cc(-c5ccccc5-c5ccc6c(ccn7c8c(c(=O)nc67)C(C)(C)CC8(C)C)c5)c4)cc3ccn21. The van der Waals surface area contributed by atoms with Gasteiger partial charge in [0, 0.05) is 56.5 Å². The molecule has 0 spiro atoms. The molecule has 3 aliphatic rings. The lowest BCUT2D eigenvalue weighted by Crippen LogP contribution is -2.41. The fourth-order valence-electron chi connectivity index (χ4n) is 13.3. The smallest absolute Gasteiger partial charge is 0.399 e. The largest absolute Gasteiger partial charge is 0.494 e. The van der Waals surface area contributed by atoms with Gasteiger partial charge in [-0.15, -0.1) is 0 Å². The number of pyridine rings is 2. The number of benzene rings is 5. The van der Waals surface area contributed by atoms with Crippen LogP contribution in [0.2, 0.25) is 0 Å². The standard InChI is InChI=1S/C62H61BN4O4/c1-57(2)34-59(5,6)51-49(57)55(68)64-53-47-23-21-36(29-38(47)25-27-66(51)53)43-17-13-15-19-45(43)40-31-41(33-42(32-40)63-70-61(9,10)62(11,12)71-63)46-20-16-14-18-44(46)37-22-24-48-39(30-37)26-28-67-52-50(56(69)65-54(48)67)58(3,4)35-60(52,7)8/h13-33H,34-35H2,1-12H3. The number of fused-ring (bicyclic) bond motifs is 10. The second-order valence-electron chi connectivity index (χ2n) is 24.3. The monoisotopic (exact) mass is 936 g/mol. The van der Waals surface area contributed by atoms with Gasteiger partial charge in [0.2, 0.25) is 0 Å². The number of aromatic nitrogens is 4. The minimum Gasteiger partial charge on any atom is -0.399 e. The van der Waals surface area contributed by atoms with Crippen LogP contribution in [0.3, 0.4) is 0 Å². The molecule has 0 unspecified atom stereocenters. The van der Waals surface area contributed by atoms with Crippen LogP contribution >= 0.6 is 0 Å². The number of rotatable bonds is 5. The summed E-state index contributed by atoms with van der Waals surface area (Å²) in [5.41, 5.74) is 12.4. The Balaban J connectivity index is 0.996. The van der Waals surface area contributed by atoms with Gasteiger partial charge in [-0.1, -0.05) is 140 Å². The normalized spacial score (nSPS) is 19.0. The van der Waals surface area contributed by atoms with Crippen molar-refractivity contribution in [2.24, 2.45) is 0 Å². The molecule has 5 heterocycles. The summed E-state index contributed by atoms with van der Waals surface area (Å²) in [4.78, 5) is 37.1. The Kier molecular flexibility index (Phi) is 9.56. The van der Waals surface area contributed by atoms with Gasteiger partial charge in [0.15, 0.2) is 0 Å². The van der Waals surface area contributed by atoms with E-state index in [1.165, 1.54) is 0 Å². The van der Waals surface area contributed by atoms with Crippen molar-refractivity contribution in [1.29, 1.82) is 0 Å². The van der Waals surface area contributed by atoms with Crippen LogP contribution in [-0.4, -0.2) is 37.1 Å². The van der Waals surface area contributed by atoms with Crippen LogP contribution in [0.25, 0.3) is 77.3 Å². The lowest BCUT2D eigenvalue weighted by molar-refractivity contribution is 0.00578. The van der Waals surface area contributed by atoms with E-state index >= 15 is 0 Å². The Morgan fingerprint density at radius 2 is 0.831 bits per heavy atom. The Hall–Kier alpha value is -6.68. The zero-order valence-corrected chi connectivity index (χ0v) is 43.0. The third kappa shape index (κ3) is 6.86. The molecule has 12 rings (SSSR count). The third-order valence-corrected chi connectivity index (χ3v) is 16.6. The summed E-state index contributed by atoms with van der Waals surface area (Å²) in [5.74, 6) is 0. The lowest BCUT2D eigenvalue weighted by Gasteiger charge is -2.32. The highest BCUT2D eigenvalue weighted by Gasteiger charge is 2.52. The van der Waals surface area contributed by atoms with Crippen molar-refractivity contribution in [3.05, 3.63) is 171 Å². The van der Waals surface area contributed by atoms with Crippen molar-refractivity contribution in [1.82, 2.24) is 18.8 Å². The molecule has 0 bridgehead atoms. The molecule has 2 aliphatic carbocycles. The molecule has 9 aromatic rings. The molecular formula is C62H61BN4O4. The first-order valence-electron chi connectivity index (χ1n) is 25.2. The number of hydrogen-bond acceptors (Lipinski definition) is 6. The minimum atomic E-state index is -0.596. The van der Waals surface area contributed by atoms with Gasteiger partial charge in [0.1, 0.15) is 11.3 Å². The van der Waals surface area contributed by atoms with E-state index in [1.54, 1.807) is 0 Å². The van der Waals surface area contributed by atoms with E-state index in [0.29, 0.717) is 11.3 Å². The van der Waals surface area contributed by atoms with Gasteiger partial charge in [-0.2, -0.15) is 9.97 Å². The molecular weight excluding hydrogens is 876 g/mol. The predicted octanol–water partition coefficient (Wildman–Crippen LogP) is 12.9. The van der Waals surface area contributed by atoms with E-state index in [2.05, 4.69) is 220 Å². The van der Waals surface area contributed by atoms with E-state index in [-0.39, 0.29) is 32.8 Å². The molecule has 356 valence electrons. The molecule has 1 fully saturated rings. The summed E-state index contributed by atoms with van der Waals surface area (Å²) in [6.07, 6.45) is 5.97. The van der Waals surface area contributed by atoms with Crippen molar-refractivity contribution >= 4 is 45.4 Å². The van der Waals surface area contributed by atoms with E-state index in [0.717, 1.165) is 107 Å². The van der Waals surface area contributed by atoms with Crippen LogP contribution in [0.5, 0.6) is 0 Å². The van der Waals surface area contributed by atoms with Gasteiger partial charge < -0.3 is 18.1 Å². The summed E-state index contributed by atoms with van der Waals surface area (Å²) >= 11 is 0. The second kappa shape index (κ2) is 14.9. The van der Waals surface area contributed by atoms with E-state index in [4.69, 9.17) is 19.3 Å². The summed E-state index contributed by atoms with van der Waals surface area (Å²) in [5, 5.41) is 3.92. The highest BCUT2D eigenvalue weighted by atomic mass is 16.7. The molecule has 8 nitrogen and oxygen atoms in total. The maximum atomic E-state index is 13.8. The predicted molar refractivity (Wildman–Crippen MR) is 290 cm³/mol. The first kappa shape index (κ1) is 45.5. The minimum absolute atomic E-state index is 0.127. The summed E-state index contributed by atoms with van der Waals surface area (Å²) in [6.45, 7) is 26.0. The first-order valence-corrected chi connectivity index (χ1v) is 25.2. The lowest BCUT2D eigenvalue weighted by atomic mass is 9.75. The van der Waals surface area contributed by atoms with E-state index in [9.17, 15) is 9.59 Å². The van der Waals surface area contributed by atoms with Crippen molar-refractivity contribution in [3.63, 3.8) is 0 Å². The van der Waals surface area contributed by atoms with Crippen molar-refractivity contribution in [3.8, 4) is 44.5 Å². The van der Waals surface area contributed by atoms with E-state index < -0.39 is 18.3 Å². The van der Waals surface area contributed by atoms with Gasteiger partial charge in [-0.05, 0) is 142 Å². The first-order chi connectivity index (χ1) is 33.4. The van der Waals surface area contributed by atoms with Gasteiger partial charge in [0.05, 0.1) is 11.2 Å². The van der Waals surface area contributed by atoms with Gasteiger partial charge in [-0.25, -0.2) is 0 Å². The highest BCUT2D eigenvalue weighted by Crippen LogP contribution is 2.50. The Morgan fingerprint density at radius 1 is 0.451 bits per heavy atom. The average molecular weight is 937 g/mol. The van der Waals surface area contributed by atoms with Crippen LogP contribution < -0.4 is 16.6 Å². The maximum absolute atomic E-state index is 13.8. The van der Waals surface area contributed by atoms with Crippen molar-refractivity contribution < 1.29 is 9.31 Å². The molecule has 0 N–H and O–H groups in total. The van der Waals surface area contributed by atoms with Crippen LogP contribution in [0.15, 0.2) is 137 Å².